The van der Waals surface area contributed by atoms with E-state index >= 15 is 0 Å². The summed E-state index contributed by atoms with van der Waals surface area (Å²) in [6, 6.07) is 1.64. The number of guanidine groups is 1. The van der Waals surface area contributed by atoms with Gasteiger partial charge in [-0.1, -0.05) is 0 Å². The number of aryl methyl sites for hydroxylation is 1. The molecular weight excluding hydrogens is 451 g/mol. The lowest BCUT2D eigenvalue weighted by Crippen LogP contribution is -2.41. The number of carbonyl (C=O) groups is 2. The van der Waals surface area contributed by atoms with Gasteiger partial charge in [0.25, 0.3) is 0 Å². The first-order valence-electron chi connectivity index (χ1n) is 8.52. The number of nitrogens with zero attached hydrogens (tertiary/aromatic N) is 1. The summed E-state index contributed by atoms with van der Waals surface area (Å²) >= 11 is 0. The fourth-order valence-corrected chi connectivity index (χ4v) is 2.29. The second-order valence-electron chi connectivity index (χ2n) is 5.86. The SMILES string of the molecule is CCNC(=NCc1cc(C(=O)OC)c(C)o1)NCCNC(=O)C1CC1.I. The minimum absolute atomic E-state index is 0. The van der Waals surface area contributed by atoms with E-state index in [1.165, 1.54) is 7.11 Å². The van der Waals surface area contributed by atoms with Crippen LogP contribution >= 0.6 is 24.0 Å². The van der Waals surface area contributed by atoms with Crippen LogP contribution in [0, 0.1) is 12.8 Å². The van der Waals surface area contributed by atoms with E-state index in [0.29, 0.717) is 49.2 Å². The molecule has 0 bridgehead atoms. The van der Waals surface area contributed by atoms with Crippen LogP contribution in [0.25, 0.3) is 0 Å². The predicted octanol–water partition coefficient (Wildman–Crippen LogP) is 1.57. The highest BCUT2D eigenvalue weighted by Crippen LogP contribution is 2.28. The molecule has 0 aromatic carbocycles. The number of hydrogen-bond acceptors (Lipinski definition) is 5. The lowest BCUT2D eigenvalue weighted by Gasteiger charge is -2.11. The number of carbonyl (C=O) groups excluding carboxylic acids is 2. The summed E-state index contributed by atoms with van der Waals surface area (Å²) in [6.07, 6.45) is 2.00. The molecule has 8 nitrogen and oxygen atoms in total. The van der Waals surface area contributed by atoms with Crippen LogP contribution in [0.4, 0.5) is 0 Å². The number of nitrogens with one attached hydrogen (secondary N) is 3. The zero-order chi connectivity index (χ0) is 18.2. The largest absolute Gasteiger partial charge is 0.465 e. The Hall–Kier alpha value is -1.78. The first kappa shape index (κ1) is 22.3. The van der Waals surface area contributed by atoms with E-state index in [1.54, 1.807) is 13.0 Å². The van der Waals surface area contributed by atoms with E-state index in [0.717, 1.165) is 12.8 Å². The smallest absolute Gasteiger partial charge is 0.341 e. The second kappa shape index (κ2) is 11.0. The number of methoxy groups -OCH3 is 1. The monoisotopic (exact) mass is 478 g/mol. The van der Waals surface area contributed by atoms with Crippen molar-refractivity contribution in [3.05, 3.63) is 23.2 Å². The lowest BCUT2D eigenvalue weighted by atomic mass is 10.2. The van der Waals surface area contributed by atoms with Crippen LogP contribution in [0.15, 0.2) is 15.5 Å². The van der Waals surface area contributed by atoms with Crippen LogP contribution in [-0.4, -0.2) is 44.6 Å². The maximum absolute atomic E-state index is 11.6. The van der Waals surface area contributed by atoms with Gasteiger partial charge in [-0.25, -0.2) is 9.79 Å². The Morgan fingerprint density at radius 2 is 1.96 bits per heavy atom. The van der Waals surface area contributed by atoms with Crippen molar-refractivity contribution in [2.24, 2.45) is 10.9 Å². The van der Waals surface area contributed by atoms with Crippen LogP contribution in [0.3, 0.4) is 0 Å². The van der Waals surface area contributed by atoms with Crippen molar-refractivity contribution in [1.29, 1.82) is 0 Å². The average Bonchev–Trinajstić information content (AvgIpc) is 3.38. The molecule has 1 aromatic heterocycles. The Morgan fingerprint density at radius 1 is 1.27 bits per heavy atom. The van der Waals surface area contributed by atoms with Gasteiger partial charge in [0, 0.05) is 25.6 Å². The van der Waals surface area contributed by atoms with Crippen LogP contribution in [-0.2, 0) is 16.1 Å². The molecule has 1 aromatic rings. The quantitative estimate of drug-likeness (QED) is 0.172. The Labute approximate surface area is 170 Å². The van der Waals surface area contributed by atoms with Crippen LogP contribution in [0.2, 0.25) is 0 Å². The number of esters is 1. The van der Waals surface area contributed by atoms with Gasteiger partial charge in [-0.2, -0.15) is 0 Å². The summed E-state index contributed by atoms with van der Waals surface area (Å²) < 4.78 is 10.2. The number of aliphatic imine (C=N–C) groups is 1. The van der Waals surface area contributed by atoms with Crippen molar-refractivity contribution in [1.82, 2.24) is 16.0 Å². The average molecular weight is 478 g/mol. The van der Waals surface area contributed by atoms with E-state index in [4.69, 9.17) is 9.15 Å². The fourth-order valence-electron chi connectivity index (χ4n) is 2.29. The number of halogens is 1. The molecule has 1 heterocycles. The molecule has 146 valence electrons. The molecule has 1 aliphatic rings. The molecule has 0 spiro atoms. The molecule has 0 saturated heterocycles. The van der Waals surface area contributed by atoms with E-state index in [1.807, 2.05) is 6.92 Å². The van der Waals surface area contributed by atoms with Crippen molar-refractivity contribution < 1.29 is 18.7 Å². The molecule has 0 unspecified atom stereocenters. The molecule has 1 aliphatic carbocycles. The molecule has 0 atom stereocenters. The van der Waals surface area contributed by atoms with E-state index in [-0.39, 0.29) is 35.8 Å². The molecule has 1 saturated carbocycles. The van der Waals surface area contributed by atoms with Gasteiger partial charge in [0.2, 0.25) is 5.91 Å². The molecule has 9 heteroatoms. The molecule has 2 rings (SSSR count). The first-order valence-corrected chi connectivity index (χ1v) is 8.52. The molecule has 3 N–H and O–H groups in total. The van der Waals surface area contributed by atoms with Crippen LogP contribution in [0.1, 0.15) is 41.6 Å². The van der Waals surface area contributed by atoms with Gasteiger partial charge in [-0.3, -0.25) is 4.79 Å². The summed E-state index contributed by atoms with van der Waals surface area (Å²) in [5.41, 5.74) is 0.411. The van der Waals surface area contributed by atoms with Crippen molar-refractivity contribution in [2.45, 2.75) is 33.2 Å². The fraction of sp³-hybridized carbons (Fsp3) is 0.588. The molecule has 0 radical (unpaired) electrons. The van der Waals surface area contributed by atoms with Gasteiger partial charge < -0.3 is 25.1 Å². The molecule has 0 aliphatic heterocycles. The summed E-state index contributed by atoms with van der Waals surface area (Å²) in [7, 11) is 1.34. The zero-order valence-corrected chi connectivity index (χ0v) is 17.7. The Kier molecular flexibility index (Phi) is 9.46. The number of hydrogen-bond donors (Lipinski definition) is 3. The summed E-state index contributed by atoms with van der Waals surface area (Å²) in [6.45, 7) is 5.82. The van der Waals surface area contributed by atoms with Crippen molar-refractivity contribution in [3.8, 4) is 0 Å². The molecule has 1 fully saturated rings. The number of furan rings is 1. The molecule has 1 amide bonds. The van der Waals surface area contributed by atoms with Crippen molar-refractivity contribution in [3.63, 3.8) is 0 Å². The van der Waals surface area contributed by atoms with Gasteiger partial charge in [-0.05, 0) is 32.8 Å². The highest BCUT2D eigenvalue weighted by Gasteiger charge is 2.28. The zero-order valence-electron chi connectivity index (χ0n) is 15.4. The van der Waals surface area contributed by atoms with Gasteiger partial charge >= 0.3 is 5.97 Å². The van der Waals surface area contributed by atoms with Crippen LogP contribution in [0.5, 0.6) is 0 Å². The standard InChI is InChI=1S/C17H26N4O4.HI/c1-4-18-17(20-8-7-19-15(22)12-5-6-12)21-10-13-9-14(11(2)25-13)16(23)24-3;/h9,12H,4-8,10H2,1-3H3,(H,19,22)(H2,18,20,21);1H. The van der Waals surface area contributed by atoms with Gasteiger partial charge in [0.15, 0.2) is 5.96 Å². The van der Waals surface area contributed by atoms with Crippen molar-refractivity contribution in [2.75, 3.05) is 26.7 Å². The number of amides is 1. The van der Waals surface area contributed by atoms with E-state index in [2.05, 4.69) is 20.9 Å². The van der Waals surface area contributed by atoms with Crippen LogP contribution < -0.4 is 16.0 Å². The Morgan fingerprint density at radius 3 is 2.58 bits per heavy atom. The summed E-state index contributed by atoms with van der Waals surface area (Å²) in [5.74, 6) is 1.64. The maximum atomic E-state index is 11.6. The lowest BCUT2D eigenvalue weighted by molar-refractivity contribution is -0.122. The first-order chi connectivity index (χ1) is 12.0. The second-order valence-corrected chi connectivity index (χ2v) is 5.86. The highest BCUT2D eigenvalue weighted by molar-refractivity contribution is 14.0. The molecular formula is C17H27IN4O4. The Balaban J connectivity index is 0.00000338. The minimum atomic E-state index is -0.423. The Bertz CT molecular complexity index is 641. The highest BCUT2D eigenvalue weighted by atomic mass is 127. The summed E-state index contributed by atoms with van der Waals surface area (Å²) in [5, 5.41) is 9.17. The topological polar surface area (TPSA) is 105 Å². The predicted molar refractivity (Wildman–Crippen MR) is 109 cm³/mol. The number of rotatable bonds is 8. The maximum Gasteiger partial charge on any atom is 0.341 e. The third-order valence-corrected chi connectivity index (χ3v) is 3.78. The molecule has 26 heavy (non-hydrogen) atoms. The van der Waals surface area contributed by atoms with Crippen molar-refractivity contribution >= 4 is 41.8 Å². The van der Waals surface area contributed by atoms with E-state index in [9.17, 15) is 9.59 Å². The number of ether oxygens (including phenoxy) is 1. The third-order valence-electron chi connectivity index (χ3n) is 3.78. The minimum Gasteiger partial charge on any atom is -0.465 e. The third kappa shape index (κ3) is 6.85. The van der Waals surface area contributed by atoms with E-state index < -0.39 is 5.97 Å². The van der Waals surface area contributed by atoms with Gasteiger partial charge in [-0.15, -0.1) is 24.0 Å². The normalized spacial score (nSPS) is 13.6. The van der Waals surface area contributed by atoms with Gasteiger partial charge in [0.05, 0.1) is 7.11 Å². The summed E-state index contributed by atoms with van der Waals surface area (Å²) in [4.78, 5) is 27.6. The van der Waals surface area contributed by atoms with Gasteiger partial charge in [0.1, 0.15) is 23.6 Å².